The summed E-state index contributed by atoms with van der Waals surface area (Å²) in [5, 5.41) is 9.68. The van der Waals surface area contributed by atoms with Gasteiger partial charge in [0.05, 0.1) is 6.10 Å². The van der Waals surface area contributed by atoms with Crippen molar-refractivity contribution in [3.63, 3.8) is 0 Å². The van der Waals surface area contributed by atoms with E-state index < -0.39 is 0 Å². The zero-order valence-corrected chi connectivity index (χ0v) is 7.46. The fraction of sp³-hybridized carbons (Fsp3) is 0.250. The van der Waals surface area contributed by atoms with E-state index in [4.69, 9.17) is 0 Å². The number of aryl methyl sites for hydroxylation is 1. The highest BCUT2D eigenvalue weighted by Gasteiger charge is 2.20. The molecule has 0 aromatic heterocycles. The molecule has 0 heterocycles. The molecule has 0 spiro atoms. The maximum Gasteiger partial charge on any atom is 0.0870 e. The molecule has 1 nitrogen and oxygen atoms in total. The summed E-state index contributed by atoms with van der Waals surface area (Å²) < 4.78 is 0. The molecule has 1 aliphatic carbocycles. The normalized spacial score (nSPS) is 20.7. The smallest absolute Gasteiger partial charge is 0.0870 e. The minimum atomic E-state index is -0.382. The van der Waals surface area contributed by atoms with Crippen LogP contribution < -0.4 is 0 Å². The number of hydrogen-bond donors (Lipinski definition) is 1. The zero-order valence-electron chi connectivity index (χ0n) is 7.46. The predicted octanol–water partition coefficient (Wildman–Crippen LogP) is 2.16. The van der Waals surface area contributed by atoms with Gasteiger partial charge in [0.25, 0.3) is 0 Å². The molecular formula is C12H12O. The molecule has 1 unspecified atom stereocenters. The molecule has 0 bridgehead atoms. The molecule has 66 valence electrons. The Bertz CT molecular complexity index is 372. The first kappa shape index (κ1) is 8.31. The van der Waals surface area contributed by atoms with Gasteiger partial charge in [-0.25, -0.2) is 0 Å². The van der Waals surface area contributed by atoms with Gasteiger partial charge < -0.3 is 5.11 Å². The van der Waals surface area contributed by atoms with Gasteiger partial charge in [-0.2, -0.15) is 0 Å². The first-order chi connectivity index (χ1) is 6.33. The van der Waals surface area contributed by atoms with Crippen LogP contribution in [0.2, 0.25) is 0 Å². The molecule has 0 saturated carbocycles. The summed E-state index contributed by atoms with van der Waals surface area (Å²) in [6.07, 6.45) is 1.35. The summed E-state index contributed by atoms with van der Waals surface area (Å²) in [5.41, 5.74) is 6.07. The lowest BCUT2D eigenvalue weighted by molar-refractivity contribution is 0.218. The molecular weight excluding hydrogens is 160 g/mol. The summed E-state index contributed by atoms with van der Waals surface area (Å²) in [5.74, 6) is 0. The van der Waals surface area contributed by atoms with E-state index in [1.165, 1.54) is 5.56 Å². The van der Waals surface area contributed by atoms with E-state index in [0.717, 1.165) is 24.0 Å². The molecule has 0 amide bonds. The van der Waals surface area contributed by atoms with E-state index in [2.05, 4.69) is 18.4 Å². The molecule has 0 saturated heterocycles. The van der Waals surface area contributed by atoms with E-state index >= 15 is 0 Å². The minimum absolute atomic E-state index is 0.382. The Balaban J connectivity index is 2.58. The topological polar surface area (TPSA) is 20.2 Å². The van der Waals surface area contributed by atoms with Gasteiger partial charge in [-0.1, -0.05) is 30.8 Å². The molecule has 2 rings (SSSR count). The second-order valence-corrected chi connectivity index (χ2v) is 3.30. The van der Waals surface area contributed by atoms with Crippen LogP contribution in [0, 0.1) is 0 Å². The maximum absolute atomic E-state index is 9.68. The summed E-state index contributed by atoms with van der Waals surface area (Å²) in [6, 6.07) is 8.12. The lowest BCUT2D eigenvalue weighted by Crippen LogP contribution is -2.16. The van der Waals surface area contributed by atoms with E-state index in [0.29, 0.717) is 0 Å². The van der Waals surface area contributed by atoms with Crippen molar-refractivity contribution in [3.8, 4) is 0 Å². The standard InChI is InChI=1S/C12H12O/c1-2-10-11-6-4-3-5-9(11)7-8-12(10)13/h3-6,12-13H,1,7-8H2. The molecule has 0 radical (unpaired) electrons. The highest BCUT2D eigenvalue weighted by Crippen LogP contribution is 2.29. The summed E-state index contributed by atoms with van der Waals surface area (Å²) in [7, 11) is 0. The molecule has 1 aromatic carbocycles. The van der Waals surface area contributed by atoms with Crippen LogP contribution >= 0.6 is 0 Å². The van der Waals surface area contributed by atoms with Crippen molar-refractivity contribution in [2.45, 2.75) is 18.9 Å². The number of fused-ring (bicyclic) bond motifs is 1. The molecule has 0 fully saturated rings. The third-order valence-electron chi connectivity index (χ3n) is 2.52. The fourth-order valence-electron chi connectivity index (χ4n) is 1.83. The quantitative estimate of drug-likeness (QED) is 0.594. The highest BCUT2D eigenvalue weighted by atomic mass is 16.3. The van der Waals surface area contributed by atoms with Crippen LogP contribution in [0.1, 0.15) is 17.5 Å². The Kier molecular flexibility index (Phi) is 2.05. The van der Waals surface area contributed by atoms with Crippen molar-refractivity contribution in [2.24, 2.45) is 0 Å². The van der Waals surface area contributed by atoms with Gasteiger partial charge in [0, 0.05) is 5.57 Å². The SMILES string of the molecule is C=C=C1c2ccccc2CCC1O. The average molecular weight is 172 g/mol. The Labute approximate surface area is 78.0 Å². The van der Waals surface area contributed by atoms with Crippen molar-refractivity contribution in [1.29, 1.82) is 0 Å². The molecule has 1 heteroatoms. The van der Waals surface area contributed by atoms with Crippen molar-refractivity contribution < 1.29 is 5.11 Å². The molecule has 13 heavy (non-hydrogen) atoms. The van der Waals surface area contributed by atoms with E-state index in [9.17, 15) is 5.11 Å². The van der Waals surface area contributed by atoms with E-state index in [-0.39, 0.29) is 6.10 Å². The largest absolute Gasteiger partial charge is 0.388 e. The number of hydrogen-bond acceptors (Lipinski definition) is 1. The summed E-state index contributed by atoms with van der Waals surface area (Å²) in [4.78, 5) is 0. The summed E-state index contributed by atoms with van der Waals surface area (Å²) in [6.45, 7) is 3.61. The number of aliphatic hydroxyl groups is 1. The van der Waals surface area contributed by atoms with Crippen LogP contribution in [0.3, 0.4) is 0 Å². The van der Waals surface area contributed by atoms with Gasteiger partial charge in [0.1, 0.15) is 0 Å². The molecule has 1 N–H and O–H groups in total. The average Bonchev–Trinajstić information content (AvgIpc) is 2.18. The third kappa shape index (κ3) is 1.33. The van der Waals surface area contributed by atoms with E-state index in [1.807, 2.05) is 18.2 Å². The van der Waals surface area contributed by atoms with Crippen molar-refractivity contribution in [2.75, 3.05) is 0 Å². The lowest BCUT2D eigenvalue weighted by atomic mass is 9.86. The van der Waals surface area contributed by atoms with Gasteiger partial charge >= 0.3 is 0 Å². The first-order valence-corrected chi connectivity index (χ1v) is 4.49. The first-order valence-electron chi connectivity index (χ1n) is 4.49. The molecule has 0 aliphatic heterocycles. The van der Waals surface area contributed by atoms with Crippen LogP contribution in [0.4, 0.5) is 0 Å². The van der Waals surface area contributed by atoms with Crippen molar-refractivity contribution >= 4 is 5.57 Å². The third-order valence-corrected chi connectivity index (χ3v) is 2.52. The van der Waals surface area contributed by atoms with Crippen molar-refractivity contribution in [3.05, 3.63) is 47.7 Å². The van der Waals surface area contributed by atoms with Gasteiger partial charge in [-0.05, 0) is 24.0 Å². The van der Waals surface area contributed by atoms with Gasteiger partial charge in [-0.15, -0.1) is 5.73 Å². The monoisotopic (exact) mass is 172 g/mol. The minimum Gasteiger partial charge on any atom is -0.388 e. The van der Waals surface area contributed by atoms with Crippen molar-refractivity contribution in [1.82, 2.24) is 0 Å². The second-order valence-electron chi connectivity index (χ2n) is 3.30. The number of rotatable bonds is 0. The fourth-order valence-corrected chi connectivity index (χ4v) is 1.83. The van der Waals surface area contributed by atoms with Crippen LogP contribution in [-0.4, -0.2) is 11.2 Å². The Morgan fingerprint density at radius 3 is 2.92 bits per heavy atom. The van der Waals surface area contributed by atoms with Crippen LogP contribution in [0.15, 0.2) is 36.6 Å². The molecule has 1 aromatic rings. The second kappa shape index (κ2) is 3.21. The number of benzene rings is 1. The zero-order chi connectivity index (χ0) is 9.26. The molecule has 1 aliphatic rings. The highest BCUT2D eigenvalue weighted by molar-refractivity contribution is 5.72. The van der Waals surface area contributed by atoms with Crippen LogP contribution in [-0.2, 0) is 6.42 Å². The summed E-state index contributed by atoms with van der Waals surface area (Å²) >= 11 is 0. The predicted molar refractivity (Wildman–Crippen MR) is 53.3 cm³/mol. The van der Waals surface area contributed by atoms with Crippen LogP contribution in [0.5, 0.6) is 0 Å². The van der Waals surface area contributed by atoms with Gasteiger partial charge in [-0.3, -0.25) is 0 Å². The van der Waals surface area contributed by atoms with E-state index in [1.54, 1.807) is 0 Å². The van der Waals surface area contributed by atoms with Crippen LogP contribution in [0.25, 0.3) is 5.57 Å². The molecule has 1 atom stereocenters. The Hall–Kier alpha value is -1.30. The Morgan fingerprint density at radius 2 is 2.15 bits per heavy atom. The number of aliphatic hydroxyl groups excluding tert-OH is 1. The Morgan fingerprint density at radius 1 is 1.38 bits per heavy atom. The van der Waals surface area contributed by atoms with Gasteiger partial charge in [0.2, 0.25) is 0 Å². The lowest BCUT2D eigenvalue weighted by Gasteiger charge is -2.22. The maximum atomic E-state index is 9.68. The van der Waals surface area contributed by atoms with Gasteiger partial charge in [0.15, 0.2) is 0 Å².